The molecule has 0 spiro atoms. The van der Waals surface area contributed by atoms with E-state index < -0.39 is 11.0 Å². The second kappa shape index (κ2) is 10.8. The first-order chi connectivity index (χ1) is 16.4. The van der Waals surface area contributed by atoms with Gasteiger partial charge in [0.2, 0.25) is 5.82 Å². The summed E-state index contributed by atoms with van der Waals surface area (Å²) in [5, 5.41) is 14.6. The Morgan fingerprint density at radius 3 is 2.62 bits per heavy atom. The van der Waals surface area contributed by atoms with Gasteiger partial charge in [-0.25, -0.2) is 4.21 Å². The molecule has 0 aliphatic rings. The van der Waals surface area contributed by atoms with E-state index in [0.29, 0.717) is 34.6 Å². The molecule has 0 aliphatic heterocycles. The molecule has 1 N–H and O–H groups in total. The number of hydrogen-bond donors (Lipinski definition) is 1. The molecule has 4 aromatic rings. The normalized spacial score (nSPS) is 12.0. The van der Waals surface area contributed by atoms with E-state index in [1.54, 1.807) is 24.5 Å². The van der Waals surface area contributed by atoms with Crippen molar-refractivity contribution in [3.8, 4) is 17.1 Å². The van der Waals surface area contributed by atoms with Gasteiger partial charge in [0.25, 0.3) is 0 Å². The van der Waals surface area contributed by atoms with Crippen LogP contribution in [0.3, 0.4) is 0 Å². The molecule has 2 aromatic heterocycles. The van der Waals surface area contributed by atoms with Gasteiger partial charge in [0.05, 0.1) is 10.6 Å². The average molecular weight is 497 g/mol. The molecule has 34 heavy (non-hydrogen) atoms. The lowest BCUT2D eigenvalue weighted by molar-refractivity contribution is 0.307. The molecule has 0 saturated heterocycles. The third-order valence-corrected chi connectivity index (χ3v) is 6.83. The molecule has 8 nitrogen and oxygen atoms in total. The molecule has 0 aliphatic carbocycles. The summed E-state index contributed by atoms with van der Waals surface area (Å²) in [6, 6.07) is 15.0. The largest absolute Gasteiger partial charge is 0.487 e. The molecular weight excluding hydrogens is 472 g/mol. The standard InChI is InChI=1S/C24H25ClN6O2S/c1-16(2)14-31(34(32)20-5-4-10-26-13-20)22-11-17(3)21(25)12-23(22)33-15-18-6-8-19(9-7-18)24-27-29-30-28-24/h4-13,16H,14-15H2,1-3H3,(H,27,28,29,30). The van der Waals surface area contributed by atoms with Crippen LogP contribution in [0.2, 0.25) is 5.02 Å². The molecule has 0 bridgehead atoms. The van der Waals surface area contributed by atoms with Gasteiger partial charge >= 0.3 is 0 Å². The summed E-state index contributed by atoms with van der Waals surface area (Å²) in [6.07, 6.45) is 3.29. The highest BCUT2D eigenvalue weighted by molar-refractivity contribution is 7.86. The van der Waals surface area contributed by atoms with Crippen LogP contribution in [0.5, 0.6) is 5.75 Å². The number of hydrogen-bond acceptors (Lipinski definition) is 6. The quantitative estimate of drug-likeness (QED) is 0.350. The van der Waals surface area contributed by atoms with E-state index in [9.17, 15) is 4.21 Å². The molecule has 0 fully saturated rings. The predicted octanol–water partition coefficient (Wildman–Crippen LogP) is 4.99. The zero-order valence-corrected chi connectivity index (χ0v) is 20.7. The molecule has 2 heterocycles. The molecule has 2 aromatic carbocycles. The van der Waals surface area contributed by atoms with E-state index in [1.165, 1.54) is 0 Å². The number of aryl methyl sites for hydroxylation is 1. The Kier molecular flexibility index (Phi) is 7.54. The minimum Gasteiger partial charge on any atom is -0.487 e. The van der Waals surface area contributed by atoms with Crippen molar-refractivity contribution < 1.29 is 8.95 Å². The average Bonchev–Trinajstić information content (AvgIpc) is 3.38. The summed E-state index contributed by atoms with van der Waals surface area (Å²) in [5.41, 5.74) is 3.41. The van der Waals surface area contributed by atoms with E-state index in [0.717, 1.165) is 22.4 Å². The topological polar surface area (TPSA) is 96.9 Å². The first kappa shape index (κ1) is 23.8. The van der Waals surface area contributed by atoms with Crippen LogP contribution in [0.25, 0.3) is 11.4 Å². The van der Waals surface area contributed by atoms with Gasteiger partial charge in [-0.2, -0.15) is 5.21 Å². The van der Waals surface area contributed by atoms with Crippen molar-refractivity contribution in [3.63, 3.8) is 0 Å². The molecule has 1 atom stereocenters. The minimum absolute atomic E-state index is 0.266. The highest BCUT2D eigenvalue weighted by atomic mass is 35.5. The molecule has 4 rings (SSSR count). The van der Waals surface area contributed by atoms with Crippen molar-refractivity contribution in [1.82, 2.24) is 25.6 Å². The number of tetrazole rings is 1. The van der Waals surface area contributed by atoms with E-state index in [2.05, 4.69) is 39.5 Å². The summed E-state index contributed by atoms with van der Waals surface area (Å²) < 4.78 is 21.6. The fourth-order valence-electron chi connectivity index (χ4n) is 3.32. The van der Waals surface area contributed by atoms with Crippen LogP contribution in [0.1, 0.15) is 25.0 Å². The van der Waals surface area contributed by atoms with Crippen LogP contribution in [0, 0.1) is 12.8 Å². The van der Waals surface area contributed by atoms with Gasteiger partial charge in [0.15, 0.2) is 11.0 Å². The number of aromatic nitrogens is 5. The van der Waals surface area contributed by atoms with Gasteiger partial charge in [0, 0.05) is 35.6 Å². The number of nitrogens with one attached hydrogen (secondary N) is 1. The van der Waals surface area contributed by atoms with Crippen LogP contribution in [-0.2, 0) is 17.6 Å². The van der Waals surface area contributed by atoms with E-state index in [-0.39, 0.29) is 5.92 Å². The summed E-state index contributed by atoms with van der Waals surface area (Å²) in [5.74, 6) is 1.36. The summed E-state index contributed by atoms with van der Waals surface area (Å²) in [7, 11) is -1.46. The summed E-state index contributed by atoms with van der Waals surface area (Å²) in [6.45, 7) is 6.98. The zero-order chi connectivity index (χ0) is 24.1. The SMILES string of the molecule is Cc1cc(N(CC(C)C)S(=O)c2cccnc2)c(OCc2ccc(-c3nn[nH]n3)cc2)cc1Cl. The number of rotatable bonds is 9. The van der Waals surface area contributed by atoms with Crippen LogP contribution in [-0.4, -0.2) is 36.4 Å². The second-order valence-electron chi connectivity index (χ2n) is 8.18. The molecule has 10 heteroatoms. The Balaban J connectivity index is 1.62. The van der Waals surface area contributed by atoms with Crippen molar-refractivity contribution in [3.05, 3.63) is 77.1 Å². The number of H-pyrrole nitrogens is 1. The Morgan fingerprint density at radius 2 is 1.97 bits per heavy atom. The maximum atomic E-state index is 13.5. The lowest BCUT2D eigenvalue weighted by Gasteiger charge is -2.28. The van der Waals surface area contributed by atoms with Gasteiger partial charge in [-0.15, -0.1) is 10.2 Å². The summed E-state index contributed by atoms with van der Waals surface area (Å²) in [4.78, 5) is 4.75. The van der Waals surface area contributed by atoms with Gasteiger partial charge in [-0.05, 0) is 47.4 Å². The lowest BCUT2D eigenvalue weighted by atomic mass is 10.1. The van der Waals surface area contributed by atoms with Crippen LogP contribution in [0.15, 0.2) is 65.8 Å². The van der Waals surface area contributed by atoms with Crippen molar-refractivity contribution in [2.24, 2.45) is 5.92 Å². The number of ether oxygens (including phenoxy) is 1. The fourth-order valence-corrected chi connectivity index (χ4v) is 4.83. The van der Waals surface area contributed by atoms with Gasteiger partial charge in [0.1, 0.15) is 12.4 Å². The number of pyridine rings is 1. The number of anilines is 1. The van der Waals surface area contributed by atoms with Crippen molar-refractivity contribution in [1.29, 1.82) is 0 Å². The predicted molar refractivity (Wildman–Crippen MR) is 133 cm³/mol. The molecule has 176 valence electrons. The Bertz CT molecular complexity index is 1250. The Labute approximate surface area is 205 Å². The highest BCUT2D eigenvalue weighted by Crippen LogP contribution is 2.37. The Morgan fingerprint density at radius 1 is 1.18 bits per heavy atom. The second-order valence-corrected chi connectivity index (χ2v) is 10.0. The molecule has 0 saturated carbocycles. The first-order valence-electron chi connectivity index (χ1n) is 10.8. The summed E-state index contributed by atoms with van der Waals surface area (Å²) >= 11 is 6.45. The van der Waals surface area contributed by atoms with Gasteiger partial charge in [-0.3, -0.25) is 9.29 Å². The van der Waals surface area contributed by atoms with Gasteiger partial charge in [-0.1, -0.05) is 49.7 Å². The van der Waals surface area contributed by atoms with E-state index in [1.807, 2.05) is 47.6 Å². The first-order valence-corrected chi connectivity index (χ1v) is 12.3. The van der Waals surface area contributed by atoms with Crippen molar-refractivity contribution in [2.75, 3.05) is 10.8 Å². The fraction of sp³-hybridized carbons (Fsp3) is 0.250. The third kappa shape index (κ3) is 5.60. The lowest BCUT2D eigenvalue weighted by Crippen LogP contribution is -2.30. The van der Waals surface area contributed by atoms with Crippen molar-refractivity contribution >= 4 is 28.3 Å². The highest BCUT2D eigenvalue weighted by Gasteiger charge is 2.23. The van der Waals surface area contributed by atoms with Crippen LogP contribution >= 0.6 is 11.6 Å². The number of nitrogens with zero attached hydrogens (tertiary/aromatic N) is 5. The molecule has 1 unspecified atom stereocenters. The van der Waals surface area contributed by atoms with Crippen LogP contribution < -0.4 is 9.04 Å². The smallest absolute Gasteiger partial charge is 0.204 e. The maximum Gasteiger partial charge on any atom is 0.204 e. The number of aromatic amines is 1. The maximum absolute atomic E-state index is 13.5. The number of benzene rings is 2. The minimum atomic E-state index is -1.46. The third-order valence-electron chi connectivity index (χ3n) is 5.03. The molecule has 0 radical (unpaired) electrons. The number of halogens is 1. The zero-order valence-electron chi connectivity index (χ0n) is 19.1. The van der Waals surface area contributed by atoms with E-state index in [4.69, 9.17) is 16.3 Å². The molecular formula is C24H25ClN6O2S. The van der Waals surface area contributed by atoms with Gasteiger partial charge < -0.3 is 4.74 Å². The van der Waals surface area contributed by atoms with Crippen molar-refractivity contribution in [2.45, 2.75) is 32.3 Å². The van der Waals surface area contributed by atoms with Crippen LogP contribution in [0.4, 0.5) is 5.69 Å². The van der Waals surface area contributed by atoms with E-state index >= 15 is 0 Å². The Hall–Kier alpha value is -3.30. The molecule has 0 amide bonds. The monoisotopic (exact) mass is 496 g/mol.